The fourth-order valence-electron chi connectivity index (χ4n) is 4.39. The summed E-state index contributed by atoms with van der Waals surface area (Å²) in [4.78, 5) is 16.6. The lowest BCUT2D eigenvalue weighted by Crippen LogP contribution is -2.45. The Bertz CT molecular complexity index is 873. The first-order valence-corrected chi connectivity index (χ1v) is 9.40. The molecule has 1 amide bonds. The van der Waals surface area contributed by atoms with Crippen LogP contribution in [-0.4, -0.2) is 62.1 Å². The molecule has 2 fully saturated rings. The van der Waals surface area contributed by atoms with Gasteiger partial charge in [0.2, 0.25) is 11.9 Å². The van der Waals surface area contributed by atoms with Gasteiger partial charge >= 0.3 is 0 Å². The molecule has 2 aromatic rings. The maximum absolute atomic E-state index is 14.0. The molecule has 4 rings (SSSR count). The second kappa shape index (κ2) is 7.42. The number of hydrogen-bond acceptors (Lipinski definition) is 6. The summed E-state index contributed by atoms with van der Waals surface area (Å²) in [5, 5.41) is 10.8. The molecule has 1 aromatic heterocycles. The van der Waals surface area contributed by atoms with Gasteiger partial charge in [0.1, 0.15) is 6.54 Å². The van der Waals surface area contributed by atoms with Crippen LogP contribution in [0, 0.1) is 17.0 Å². The van der Waals surface area contributed by atoms with Gasteiger partial charge in [0.25, 0.3) is 0 Å². The number of nitrogen functional groups attached to an aromatic ring is 1. The van der Waals surface area contributed by atoms with Crippen LogP contribution in [0.4, 0.5) is 14.7 Å². The molecule has 0 radical (unpaired) electrons. The predicted octanol–water partition coefficient (Wildman–Crippen LogP) is 1.05. The molecule has 0 aliphatic carbocycles. The molecule has 1 spiro atoms. The van der Waals surface area contributed by atoms with Crippen molar-refractivity contribution in [2.75, 3.05) is 31.9 Å². The van der Waals surface area contributed by atoms with Gasteiger partial charge in [-0.1, -0.05) is 17.2 Å². The Morgan fingerprint density at radius 3 is 2.86 bits per heavy atom. The van der Waals surface area contributed by atoms with Gasteiger partial charge in [-0.3, -0.25) is 9.69 Å². The zero-order chi connectivity index (χ0) is 19.7. The molecule has 28 heavy (non-hydrogen) atoms. The average Bonchev–Trinajstić information content (AvgIpc) is 3.26. The van der Waals surface area contributed by atoms with Gasteiger partial charge < -0.3 is 10.6 Å². The number of benzene rings is 1. The third kappa shape index (κ3) is 3.68. The molecule has 1 aromatic carbocycles. The summed E-state index contributed by atoms with van der Waals surface area (Å²) in [6.07, 6.45) is 2.89. The summed E-state index contributed by atoms with van der Waals surface area (Å²) in [5.74, 6) is -1.54. The van der Waals surface area contributed by atoms with E-state index in [9.17, 15) is 13.6 Å². The van der Waals surface area contributed by atoms with Crippen LogP contribution >= 0.6 is 0 Å². The Morgan fingerprint density at radius 1 is 1.21 bits per heavy atom. The number of halogens is 2. The first kappa shape index (κ1) is 18.7. The molecule has 1 unspecified atom stereocenters. The number of anilines is 1. The Labute approximate surface area is 161 Å². The van der Waals surface area contributed by atoms with Crippen LogP contribution in [0.1, 0.15) is 24.8 Å². The number of nitrogens with two attached hydrogens (primary N) is 1. The van der Waals surface area contributed by atoms with Crippen molar-refractivity contribution in [2.45, 2.75) is 32.4 Å². The summed E-state index contributed by atoms with van der Waals surface area (Å²) in [6, 6.07) is 4.29. The van der Waals surface area contributed by atoms with Crippen LogP contribution in [0.15, 0.2) is 18.2 Å². The Kier molecular flexibility index (Phi) is 4.96. The van der Waals surface area contributed by atoms with E-state index in [1.165, 1.54) is 10.7 Å². The summed E-state index contributed by atoms with van der Waals surface area (Å²) in [6.45, 7) is 3.32. The molecular formula is C18H23F2N7O. The topological polar surface area (TPSA) is 93.2 Å². The summed E-state index contributed by atoms with van der Waals surface area (Å²) in [5.41, 5.74) is 5.99. The Morgan fingerprint density at radius 2 is 2.07 bits per heavy atom. The molecule has 8 nitrogen and oxygen atoms in total. The largest absolute Gasteiger partial charge is 0.367 e. The fraction of sp³-hybridized carbons (Fsp3) is 0.556. The smallest absolute Gasteiger partial charge is 0.244 e. The van der Waals surface area contributed by atoms with Crippen LogP contribution in [0.3, 0.4) is 0 Å². The normalized spacial score (nSPS) is 22.9. The lowest BCUT2D eigenvalue weighted by Gasteiger charge is -2.40. The van der Waals surface area contributed by atoms with E-state index in [4.69, 9.17) is 5.73 Å². The molecule has 0 saturated carbocycles. The monoisotopic (exact) mass is 391 g/mol. The molecule has 2 aliphatic rings. The predicted molar refractivity (Wildman–Crippen MR) is 96.7 cm³/mol. The van der Waals surface area contributed by atoms with Crippen molar-refractivity contribution in [3.63, 3.8) is 0 Å². The van der Waals surface area contributed by atoms with E-state index in [1.54, 1.807) is 6.07 Å². The number of rotatable bonds is 4. The summed E-state index contributed by atoms with van der Waals surface area (Å²) < 4.78 is 28.8. The molecule has 2 N–H and O–H groups in total. The van der Waals surface area contributed by atoms with Gasteiger partial charge in [-0.2, -0.15) is 0 Å². The van der Waals surface area contributed by atoms with Gasteiger partial charge in [-0.25, -0.2) is 13.5 Å². The highest BCUT2D eigenvalue weighted by molar-refractivity contribution is 5.76. The van der Waals surface area contributed by atoms with Crippen LogP contribution in [0.25, 0.3) is 0 Å². The van der Waals surface area contributed by atoms with Crippen molar-refractivity contribution >= 4 is 11.9 Å². The number of aromatic nitrogens is 4. The standard InChI is InChI=1S/C18H23F2N7O/c19-14-4-1-3-13(16(14)20)9-25-7-2-5-18(11-25)6-8-26(12-18)15(28)10-27-17(21)22-23-24-27/h1,3-4H,2,5-12H2,(H2,21,22,24). The van der Waals surface area contributed by atoms with Gasteiger partial charge in [0.15, 0.2) is 11.6 Å². The molecule has 1 atom stereocenters. The SMILES string of the molecule is Nc1nnnn1CC(=O)N1CCC2(CCCN(Cc3cccc(F)c3F)C2)C1. The second-order valence-corrected chi connectivity index (χ2v) is 7.79. The van der Waals surface area contributed by atoms with Crippen molar-refractivity contribution in [1.29, 1.82) is 0 Å². The highest BCUT2D eigenvalue weighted by Crippen LogP contribution is 2.39. The Balaban J connectivity index is 1.39. The number of carbonyl (C=O) groups is 1. The molecule has 2 saturated heterocycles. The van der Waals surface area contributed by atoms with E-state index in [-0.39, 0.29) is 23.8 Å². The fourth-order valence-corrected chi connectivity index (χ4v) is 4.39. The van der Waals surface area contributed by atoms with Gasteiger partial charge in [0.05, 0.1) is 0 Å². The van der Waals surface area contributed by atoms with E-state index in [2.05, 4.69) is 20.4 Å². The molecular weight excluding hydrogens is 368 g/mol. The lowest BCUT2D eigenvalue weighted by atomic mass is 9.79. The highest BCUT2D eigenvalue weighted by atomic mass is 19.2. The van der Waals surface area contributed by atoms with Gasteiger partial charge in [-0.05, 0) is 42.3 Å². The van der Waals surface area contributed by atoms with E-state index in [0.29, 0.717) is 25.2 Å². The molecule has 2 aliphatic heterocycles. The quantitative estimate of drug-likeness (QED) is 0.837. The highest BCUT2D eigenvalue weighted by Gasteiger charge is 2.42. The number of amides is 1. The van der Waals surface area contributed by atoms with Gasteiger partial charge in [0, 0.05) is 37.2 Å². The molecule has 3 heterocycles. The minimum atomic E-state index is -0.816. The summed E-state index contributed by atoms with van der Waals surface area (Å²) in [7, 11) is 0. The number of carbonyl (C=O) groups excluding carboxylic acids is 1. The second-order valence-electron chi connectivity index (χ2n) is 7.79. The minimum absolute atomic E-state index is 0.0100. The number of tetrazole rings is 1. The third-order valence-electron chi connectivity index (χ3n) is 5.80. The van der Waals surface area contributed by atoms with Crippen molar-refractivity contribution in [2.24, 2.45) is 5.41 Å². The van der Waals surface area contributed by atoms with Crippen LogP contribution in [0.2, 0.25) is 0 Å². The van der Waals surface area contributed by atoms with Crippen molar-refractivity contribution < 1.29 is 13.6 Å². The number of nitrogens with zero attached hydrogens (tertiary/aromatic N) is 6. The number of piperidine rings is 1. The minimum Gasteiger partial charge on any atom is -0.367 e. The van der Waals surface area contributed by atoms with Crippen molar-refractivity contribution in [1.82, 2.24) is 30.0 Å². The maximum atomic E-state index is 14.0. The number of likely N-dealkylation sites (tertiary alicyclic amines) is 2. The zero-order valence-corrected chi connectivity index (χ0v) is 15.5. The van der Waals surface area contributed by atoms with E-state index >= 15 is 0 Å². The summed E-state index contributed by atoms with van der Waals surface area (Å²) >= 11 is 0. The zero-order valence-electron chi connectivity index (χ0n) is 15.5. The molecule has 10 heteroatoms. The maximum Gasteiger partial charge on any atom is 0.244 e. The van der Waals surface area contributed by atoms with E-state index in [1.807, 2.05) is 4.90 Å². The molecule has 150 valence electrons. The first-order chi connectivity index (χ1) is 13.5. The van der Waals surface area contributed by atoms with Crippen molar-refractivity contribution in [3.05, 3.63) is 35.4 Å². The van der Waals surface area contributed by atoms with E-state index < -0.39 is 11.6 Å². The third-order valence-corrected chi connectivity index (χ3v) is 5.80. The van der Waals surface area contributed by atoms with Crippen molar-refractivity contribution in [3.8, 4) is 0 Å². The lowest BCUT2D eigenvalue weighted by molar-refractivity contribution is -0.131. The first-order valence-electron chi connectivity index (χ1n) is 9.40. The number of hydrogen-bond donors (Lipinski definition) is 1. The van der Waals surface area contributed by atoms with Crippen LogP contribution in [-0.2, 0) is 17.9 Å². The average molecular weight is 391 g/mol. The molecule has 0 bridgehead atoms. The Hall–Kier alpha value is -2.62. The van der Waals surface area contributed by atoms with Gasteiger partial charge in [-0.15, -0.1) is 0 Å². The van der Waals surface area contributed by atoms with Crippen LogP contribution in [0.5, 0.6) is 0 Å². The van der Waals surface area contributed by atoms with Crippen LogP contribution < -0.4 is 5.73 Å². The van der Waals surface area contributed by atoms with E-state index in [0.717, 1.165) is 38.4 Å².